The number of ether oxygens (including phenoxy) is 1. The Kier molecular flexibility index (Phi) is 7.50. The Morgan fingerprint density at radius 1 is 1.21 bits per heavy atom. The fraction of sp³-hybridized carbons (Fsp3) is 0.235. The summed E-state index contributed by atoms with van der Waals surface area (Å²) in [5.74, 6) is -1.63. The lowest BCUT2D eigenvalue weighted by Gasteiger charge is -2.14. The summed E-state index contributed by atoms with van der Waals surface area (Å²) in [6.07, 6.45) is -1.41. The van der Waals surface area contributed by atoms with Crippen molar-refractivity contribution in [3.63, 3.8) is 0 Å². The number of Topliss-reactive ketones (excluding diaryl/α,β-unsaturated/α-hetero) is 1. The molecule has 1 atom stereocenters. The summed E-state index contributed by atoms with van der Waals surface area (Å²) in [5.41, 5.74) is -0.0795. The Labute approximate surface area is 173 Å². The number of thiophene rings is 1. The average Bonchev–Trinajstić information content (AvgIpc) is 3.07. The number of nitrogens with one attached hydrogen (secondary N) is 1. The highest BCUT2D eigenvalue weighted by Crippen LogP contribution is 2.27. The van der Waals surface area contributed by atoms with Crippen LogP contribution >= 0.6 is 34.5 Å². The minimum atomic E-state index is -1.15. The van der Waals surface area contributed by atoms with Crippen molar-refractivity contribution < 1.29 is 24.0 Å². The van der Waals surface area contributed by atoms with Crippen molar-refractivity contribution in [1.82, 2.24) is 0 Å². The Hall–Kier alpha value is -2.49. The summed E-state index contributed by atoms with van der Waals surface area (Å²) < 4.78 is 5.47. The number of nitrogens with zero attached hydrogens (tertiary/aromatic N) is 1. The van der Waals surface area contributed by atoms with Gasteiger partial charge in [0, 0.05) is 18.6 Å². The summed E-state index contributed by atoms with van der Waals surface area (Å²) in [7, 11) is 0. The van der Waals surface area contributed by atoms with E-state index >= 15 is 0 Å². The van der Waals surface area contributed by atoms with Crippen LogP contribution in [0.1, 0.15) is 29.4 Å². The van der Waals surface area contributed by atoms with Gasteiger partial charge in [0.25, 0.3) is 11.6 Å². The van der Waals surface area contributed by atoms with Gasteiger partial charge >= 0.3 is 5.97 Å². The zero-order chi connectivity index (χ0) is 20.8. The van der Waals surface area contributed by atoms with E-state index in [9.17, 15) is 24.5 Å². The van der Waals surface area contributed by atoms with Crippen molar-refractivity contribution in [1.29, 1.82) is 0 Å². The van der Waals surface area contributed by atoms with Crippen LogP contribution in [0.3, 0.4) is 0 Å². The summed E-state index contributed by atoms with van der Waals surface area (Å²) in [4.78, 5) is 46.4. The summed E-state index contributed by atoms with van der Waals surface area (Å²) in [6, 6.07) is 6.72. The molecule has 0 spiro atoms. The van der Waals surface area contributed by atoms with Crippen molar-refractivity contribution in [3.8, 4) is 0 Å². The maximum absolute atomic E-state index is 12.1. The van der Waals surface area contributed by atoms with Gasteiger partial charge in [-0.25, -0.2) is 0 Å². The third-order valence-electron chi connectivity index (χ3n) is 3.50. The fourth-order valence-electron chi connectivity index (χ4n) is 2.07. The number of rotatable bonds is 8. The average molecular weight is 445 g/mol. The van der Waals surface area contributed by atoms with E-state index in [-0.39, 0.29) is 35.0 Å². The first-order chi connectivity index (χ1) is 13.2. The topological polar surface area (TPSA) is 116 Å². The Bertz CT molecular complexity index is 930. The van der Waals surface area contributed by atoms with E-state index in [0.29, 0.717) is 9.21 Å². The quantitative estimate of drug-likeness (QED) is 0.277. The molecule has 0 radical (unpaired) electrons. The van der Waals surface area contributed by atoms with E-state index in [1.165, 1.54) is 19.1 Å². The first-order valence-electron chi connectivity index (χ1n) is 7.90. The Morgan fingerprint density at radius 3 is 2.50 bits per heavy atom. The molecule has 0 aliphatic heterocycles. The number of hydrogen-bond donors (Lipinski definition) is 1. The van der Waals surface area contributed by atoms with Crippen LogP contribution < -0.4 is 5.32 Å². The monoisotopic (exact) mass is 444 g/mol. The fourth-order valence-corrected chi connectivity index (χ4v) is 3.30. The van der Waals surface area contributed by atoms with Gasteiger partial charge in [-0.05, 0) is 25.1 Å². The summed E-state index contributed by atoms with van der Waals surface area (Å²) >= 11 is 12.8. The number of carbonyl (C=O) groups is 3. The Morgan fingerprint density at radius 2 is 1.93 bits per heavy atom. The normalized spacial score (nSPS) is 11.5. The van der Waals surface area contributed by atoms with E-state index in [1.807, 2.05) is 0 Å². The van der Waals surface area contributed by atoms with Gasteiger partial charge in [-0.15, -0.1) is 11.3 Å². The summed E-state index contributed by atoms with van der Waals surface area (Å²) in [6.45, 7) is 1.35. The van der Waals surface area contributed by atoms with Gasteiger partial charge in [0.05, 0.1) is 31.3 Å². The number of nitro benzene ring substituents is 1. The van der Waals surface area contributed by atoms with Crippen molar-refractivity contribution >= 4 is 63.6 Å². The van der Waals surface area contributed by atoms with Crippen LogP contribution in [0, 0.1) is 10.1 Å². The van der Waals surface area contributed by atoms with Crippen LogP contribution in [-0.4, -0.2) is 28.7 Å². The summed E-state index contributed by atoms with van der Waals surface area (Å²) in [5, 5.41) is 13.1. The molecule has 28 heavy (non-hydrogen) atoms. The molecule has 1 unspecified atom stereocenters. The van der Waals surface area contributed by atoms with Crippen LogP contribution in [-0.2, 0) is 14.3 Å². The van der Waals surface area contributed by atoms with E-state index in [0.717, 1.165) is 17.4 Å². The molecule has 148 valence electrons. The van der Waals surface area contributed by atoms with Crippen LogP contribution in [0.2, 0.25) is 9.36 Å². The van der Waals surface area contributed by atoms with Gasteiger partial charge in [0.15, 0.2) is 11.9 Å². The molecule has 0 aliphatic rings. The van der Waals surface area contributed by atoms with Crippen molar-refractivity contribution in [2.24, 2.45) is 0 Å². The number of anilines is 1. The zero-order valence-corrected chi connectivity index (χ0v) is 16.8. The van der Waals surface area contributed by atoms with Gasteiger partial charge in [-0.1, -0.05) is 23.2 Å². The third-order valence-corrected chi connectivity index (χ3v) is 5.09. The molecule has 1 aromatic carbocycles. The molecule has 1 N–H and O–H groups in total. The molecule has 2 aromatic rings. The number of halogens is 2. The molecule has 2 rings (SSSR count). The van der Waals surface area contributed by atoms with Gasteiger partial charge in [0.2, 0.25) is 0 Å². The van der Waals surface area contributed by atoms with Crippen LogP contribution in [0.5, 0.6) is 0 Å². The van der Waals surface area contributed by atoms with Crippen molar-refractivity contribution in [2.45, 2.75) is 25.9 Å². The molecule has 1 amide bonds. The van der Waals surface area contributed by atoms with Crippen molar-refractivity contribution in [2.75, 3.05) is 5.32 Å². The molecule has 0 aliphatic carbocycles. The van der Waals surface area contributed by atoms with E-state index < -0.39 is 22.9 Å². The van der Waals surface area contributed by atoms with E-state index in [4.69, 9.17) is 27.9 Å². The predicted octanol–water partition coefficient (Wildman–Crippen LogP) is 4.50. The second kappa shape index (κ2) is 9.63. The number of ketones is 1. The van der Waals surface area contributed by atoms with Crippen LogP contribution in [0.4, 0.5) is 11.4 Å². The molecule has 8 nitrogen and oxygen atoms in total. The highest BCUT2D eigenvalue weighted by molar-refractivity contribution is 7.18. The standard InChI is InChI=1S/C17H14Cl2N2O6S/c1-9(17(24)20-12-3-2-10(21(25)26)8-11(12)18)27-16(23)7-4-13(22)14-5-6-15(19)28-14/h2-3,5-6,8-9H,4,7H2,1H3,(H,20,24). The molecule has 0 bridgehead atoms. The lowest BCUT2D eigenvalue weighted by atomic mass is 10.2. The number of benzene rings is 1. The third kappa shape index (κ3) is 6.01. The lowest BCUT2D eigenvalue weighted by molar-refractivity contribution is -0.384. The first kappa shape index (κ1) is 21.8. The zero-order valence-electron chi connectivity index (χ0n) is 14.4. The second-order valence-corrected chi connectivity index (χ2v) is 7.69. The number of hydrogen-bond acceptors (Lipinski definition) is 7. The molecule has 1 heterocycles. The smallest absolute Gasteiger partial charge is 0.307 e. The van der Waals surface area contributed by atoms with Gasteiger partial charge in [-0.3, -0.25) is 24.5 Å². The number of non-ortho nitro benzene ring substituents is 1. The van der Waals surface area contributed by atoms with Gasteiger partial charge < -0.3 is 10.1 Å². The van der Waals surface area contributed by atoms with Crippen molar-refractivity contribution in [3.05, 3.63) is 54.7 Å². The number of carbonyl (C=O) groups excluding carboxylic acids is 3. The lowest BCUT2D eigenvalue weighted by Crippen LogP contribution is -2.30. The molecule has 1 aromatic heterocycles. The second-order valence-electron chi connectivity index (χ2n) is 5.57. The Balaban J connectivity index is 1.85. The molecular formula is C17H14Cl2N2O6S. The van der Waals surface area contributed by atoms with Gasteiger partial charge in [-0.2, -0.15) is 0 Å². The molecular weight excluding hydrogens is 431 g/mol. The maximum atomic E-state index is 12.1. The largest absolute Gasteiger partial charge is 0.453 e. The molecule has 0 saturated carbocycles. The minimum absolute atomic E-state index is 0.0266. The first-order valence-corrected chi connectivity index (χ1v) is 9.47. The minimum Gasteiger partial charge on any atom is -0.453 e. The molecule has 11 heteroatoms. The van der Waals surface area contributed by atoms with Crippen LogP contribution in [0.15, 0.2) is 30.3 Å². The SMILES string of the molecule is CC(OC(=O)CCC(=O)c1ccc(Cl)s1)C(=O)Nc1ccc([N+](=O)[O-])cc1Cl. The predicted molar refractivity (Wildman–Crippen MR) is 105 cm³/mol. The van der Waals surface area contributed by atoms with Crippen LogP contribution in [0.25, 0.3) is 0 Å². The highest BCUT2D eigenvalue weighted by Gasteiger charge is 2.20. The maximum Gasteiger partial charge on any atom is 0.307 e. The highest BCUT2D eigenvalue weighted by atomic mass is 35.5. The number of nitro groups is 1. The van der Waals surface area contributed by atoms with Gasteiger partial charge in [0.1, 0.15) is 0 Å². The van der Waals surface area contributed by atoms with E-state index in [2.05, 4.69) is 5.32 Å². The van der Waals surface area contributed by atoms with E-state index in [1.54, 1.807) is 12.1 Å². The molecule has 0 fully saturated rings. The number of amides is 1. The molecule has 0 saturated heterocycles. The number of esters is 1.